The largest absolute Gasteiger partial charge is 0.356 e. The number of rotatable bonds is 7. The standard InChI is InChI=1S/C23H25N7O2S/c1-33-23-26-20(29-11-6-3-7-12-29)17-15-25-30(21(17)27-23)13-10-24-22(31)18-14-19(32-28-18)16-8-4-2-5-9-16/h2,4-5,8-9,14-15H,3,6-7,10-13H2,1H3,(H,24,31). The van der Waals surface area contributed by atoms with Crippen molar-refractivity contribution in [2.24, 2.45) is 0 Å². The van der Waals surface area contributed by atoms with Crippen molar-refractivity contribution in [3.63, 3.8) is 0 Å². The lowest BCUT2D eigenvalue weighted by atomic mass is 10.1. The lowest BCUT2D eigenvalue weighted by Crippen LogP contribution is -2.30. The van der Waals surface area contributed by atoms with Gasteiger partial charge in [0, 0.05) is 31.3 Å². The molecular formula is C23H25N7O2S. The first-order chi connectivity index (χ1) is 16.2. The molecule has 4 heterocycles. The first-order valence-electron chi connectivity index (χ1n) is 11.1. The minimum Gasteiger partial charge on any atom is -0.356 e. The van der Waals surface area contributed by atoms with Crippen molar-refractivity contribution < 1.29 is 9.32 Å². The quantitative estimate of drug-likeness (QED) is 0.328. The molecule has 170 valence electrons. The van der Waals surface area contributed by atoms with Crippen molar-refractivity contribution in [3.8, 4) is 11.3 Å². The summed E-state index contributed by atoms with van der Waals surface area (Å²) >= 11 is 1.52. The van der Waals surface area contributed by atoms with Crippen LogP contribution in [0.25, 0.3) is 22.4 Å². The van der Waals surface area contributed by atoms with Crippen molar-refractivity contribution >= 4 is 34.5 Å². The highest BCUT2D eigenvalue weighted by Crippen LogP contribution is 2.28. The van der Waals surface area contributed by atoms with Crippen LogP contribution in [0.2, 0.25) is 0 Å². The Morgan fingerprint density at radius 2 is 1.97 bits per heavy atom. The minimum atomic E-state index is -0.286. The van der Waals surface area contributed by atoms with E-state index < -0.39 is 0 Å². The summed E-state index contributed by atoms with van der Waals surface area (Å²) in [5.41, 5.74) is 1.91. The van der Waals surface area contributed by atoms with E-state index in [-0.39, 0.29) is 11.6 Å². The third-order valence-electron chi connectivity index (χ3n) is 5.70. The molecule has 3 aromatic heterocycles. The number of fused-ring (bicyclic) bond motifs is 1. The summed E-state index contributed by atoms with van der Waals surface area (Å²) in [5.74, 6) is 1.23. The molecule has 0 spiro atoms. The fourth-order valence-corrected chi connectivity index (χ4v) is 4.36. The van der Waals surface area contributed by atoms with Crippen LogP contribution in [0.3, 0.4) is 0 Å². The van der Waals surface area contributed by atoms with Gasteiger partial charge in [0.05, 0.1) is 18.1 Å². The van der Waals surface area contributed by atoms with E-state index in [1.807, 2.05) is 47.5 Å². The van der Waals surface area contributed by atoms with Gasteiger partial charge in [0.15, 0.2) is 22.3 Å². The minimum absolute atomic E-state index is 0.249. The molecule has 0 unspecified atom stereocenters. The van der Waals surface area contributed by atoms with Crippen molar-refractivity contribution in [1.29, 1.82) is 0 Å². The average Bonchev–Trinajstić information content (AvgIpc) is 3.52. The van der Waals surface area contributed by atoms with E-state index in [2.05, 4.69) is 25.5 Å². The van der Waals surface area contributed by atoms with Gasteiger partial charge in [-0.25, -0.2) is 14.6 Å². The molecule has 5 rings (SSSR count). The molecule has 1 aliphatic heterocycles. The lowest BCUT2D eigenvalue weighted by molar-refractivity contribution is 0.0943. The summed E-state index contributed by atoms with van der Waals surface area (Å²) in [6, 6.07) is 11.2. The number of piperidine rings is 1. The predicted molar refractivity (Wildman–Crippen MR) is 127 cm³/mol. The Morgan fingerprint density at radius 3 is 2.76 bits per heavy atom. The number of nitrogens with zero attached hydrogens (tertiary/aromatic N) is 6. The van der Waals surface area contributed by atoms with Crippen molar-refractivity contribution in [2.75, 3.05) is 30.8 Å². The van der Waals surface area contributed by atoms with E-state index in [0.717, 1.165) is 40.7 Å². The molecule has 1 aromatic carbocycles. The summed E-state index contributed by atoms with van der Waals surface area (Å²) < 4.78 is 7.15. The van der Waals surface area contributed by atoms with E-state index >= 15 is 0 Å². The first kappa shape index (κ1) is 21.4. The number of carbonyl (C=O) groups is 1. The van der Waals surface area contributed by atoms with Crippen LogP contribution in [-0.4, -0.2) is 56.7 Å². The summed E-state index contributed by atoms with van der Waals surface area (Å²) in [5, 5.41) is 13.0. The SMILES string of the molecule is CSc1nc(N2CCCCC2)c2cnn(CCNC(=O)c3cc(-c4ccccc4)on3)c2n1. The molecule has 1 amide bonds. The van der Waals surface area contributed by atoms with Gasteiger partial charge in [-0.2, -0.15) is 5.10 Å². The second-order valence-electron chi connectivity index (χ2n) is 7.88. The number of amides is 1. The third kappa shape index (κ3) is 4.56. The van der Waals surface area contributed by atoms with Crippen LogP contribution >= 0.6 is 11.8 Å². The zero-order valence-electron chi connectivity index (χ0n) is 18.4. The predicted octanol–water partition coefficient (Wildman–Crippen LogP) is 3.62. The van der Waals surface area contributed by atoms with Crippen LogP contribution in [0.5, 0.6) is 0 Å². The highest BCUT2D eigenvalue weighted by molar-refractivity contribution is 7.98. The maximum Gasteiger partial charge on any atom is 0.273 e. The molecule has 0 bridgehead atoms. The van der Waals surface area contributed by atoms with Crippen molar-refractivity contribution in [1.82, 2.24) is 30.2 Å². The van der Waals surface area contributed by atoms with Gasteiger partial charge in [0.1, 0.15) is 5.82 Å². The van der Waals surface area contributed by atoms with E-state index in [9.17, 15) is 4.79 Å². The lowest BCUT2D eigenvalue weighted by Gasteiger charge is -2.28. The molecule has 1 N–H and O–H groups in total. The van der Waals surface area contributed by atoms with E-state index in [1.54, 1.807) is 6.07 Å². The molecule has 0 radical (unpaired) electrons. The van der Waals surface area contributed by atoms with Gasteiger partial charge in [-0.15, -0.1) is 0 Å². The summed E-state index contributed by atoms with van der Waals surface area (Å²) in [4.78, 5) is 24.3. The Hall–Kier alpha value is -3.40. The molecule has 4 aromatic rings. The topological polar surface area (TPSA) is 102 Å². The number of anilines is 1. The van der Waals surface area contributed by atoms with Gasteiger partial charge in [-0.3, -0.25) is 4.79 Å². The number of benzene rings is 1. The van der Waals surface area contributed by atoms with E-state index in [0.29, 0.717) is 18.8 Å². The summed E-state index contributed by atoms with van der Waals surface area (Å²) in [7, 11) is 0. The zero-order valence-corrected chi connectivity index (χ0v) is 19.2. The molecular weight excluding hydrogens is 438 g/mol. The first-order valence-corrected chi connectivity index (χ1v) is 12.3. The normalized spacial score (nSPS) is 14.0. The molecule has 0 aliphatic carbocycles. The highest BCUT2D eigenvalue weighted by atomic mass is 32.2. The fourth-order valence-electron chi connectivity index (χ4n) is 4.01. The molecule has 0 atom stereocenters. The third-order valence-corrected chi connectivity index (χ3v) is 6.25. The number of aromatic nitrogens is 5. The Morgan fingerprint density at radius 1 is 1.15 bits per heavy atom. The number of hydrogen-bond donors (Lipinski definition) is 1. The van der Waals surface area contributed by atoms with Crippen molar-refractivity contribution in [3.05, 3.63) is 48.3 Å². The molecule has 10 heteroatoms. The van der Waals surface area contributed by atoms with Gasteiger partial charge in [0.2, 0.25) is 0 Å². The number of thioether (sulfide) groups is 1. The van der Waals surface area contributed by atoms with Crippen LogP contribution < -0.4 is 10.2 Å². The van der Waals surface area contributed by atoms with Crippen LogP contribution in [-0.2, 0) is 6.54 Å². The van der Waals surface area contributed by atoms with E-state index in [4.69, 9.17) is 9.51 Å². The summed E-state index contributed by atoms with van der Waals surface area (Å²) in [6.07, 6.45) is 7.42. The Bertz CT molecular complexity index is 1250. The van der Waals surface area contributed by atoms with Crippen LogP contribution in [0.1, 0.15) is 29.8 Å². The number of hydrogen-bond acceptors (Lipinski definition) is 8. The fraction of sp³-hybridized carbons (Fsp3) is 0.348. The number of carbonyl (C=O) groups excluding carboxylic acids is 1. The number of nitrogens with one attached hydrogen (secondary N) is 1. The van der Waals surface area contributed by atoms with E-state index in [1.165, 1.54) is 31.0 Å². The Balaban J connectivity index is 1.28. The highest BCUT2D eigenvalue weighted by Gasteiger charge is 2.20. The maximum atomic E-state index is 12.5. The molecule has 1 aliphatic rings. The Kier molecular flexibility index (Phi) is 6.25. The van der Waals surface area contributed by atoms with Crippen LogP contribution in [0, 0.1) is 0 Å². The molecule has 33 heavy (non-hydrogen) atoms. The smallest absolute Gasteiger partial charge is 0.273 e. The molecule has 1 fully saturated rings. The zero-order chi connectivity index (χ0) is 22.6. The average molecular weight is 464 g/mol. The van der Waals surface area contributed by atoms with Crippen LogP contribution in [0.4, 0.5) is 5.82 Å². The van der Waals surface area contributed by atoms with Gasteiger partial charge in [-0.05, 0) is 25.5 Å². The van der Waals surface area contributed by atoms with Gasteiger partial charge >= 0.3 is 0 Å². The molecule has 1 saturated heterocycles. The van der Waals surface area contributed by atoms with Gasteiger partial charge < -0.3 is 14.7 Å². The second kappa shape index (κ2) is 9.62. The van der Waals surface area contributed by atoms with Crippen molar-refractivity contribution in [2.45, 2.75) is 31.0 Å². The second-order valence-corrected chi connectivity index (χ2v) is 8.66. The van der Waals surface area contributed by atoms with Gasteiger partial charge in [-0.1, -0.05) is 47.3 Å². The molecule has 0 saturated carbocycles. The van der Waals surface area contributed by atoms with Gasteiger partial charge in [0.25, 0.3) is 5.91 Å². The summed E-state index contributed by atoms with van der Waals surface area (Å²) in [6.45, 7) is 2.89. The van der Waals surface area contributed by atoms with Crippen LogP contribution in [0.15, 0.2) is 52.3 Å². The molecule has 9 nitrogen and oxygen atoms in total. The Labute approximate surface area is 195 Å². The monoisotopic (exact) mass is 463 g/mol. The maximum absolute atomic E-state index is 12.5.